The van der Waals surface area contributed by atoms with Gasteiger partial charge < -0.3 is 5.73 Å². The maximum atomic E-state index is 13.4. The molecule has 0 aromatic heterocycles. The third-order valence-corrected chi connectivity index (χ3v) is 6.20. The van der Waals surface area contributed by atoms with Gasteiger partial charge in [-0.05, 0) is 49.1 Å². The van der Waals surface area contributed by atoms with Crippen molar-refractivity contribution in [3.8, 4) is 0 Å². The van der Waals surface area contributed by atoms with E-state index in [0.29, 0.717) is 18.4 Å². The molecule has 0 saturated heterocycles. The van der Waals surface area contributed by atoms with E-state index in [1.54, 1.807) is 0 Å². The number of nitrogen functional groups attached to an aromatic ring is 1. The van der Waals surface area contributed by atoms with Crippen LogP contribution >= 0.6 is 0 Å². The summed E-state index contributed by atoms with van der Waals surface area (Å²) < 4.78 is 40.4. The second-order valence-electron chi connectivity index (χ2n) is 5.94. The zero-order chi connectivity index (χ0) is 14.3. The van der Waals surface area contributed by atoms with Gasteiger partial charge in [-0.25, -0.2) is 17.5 Å². The van der Waals surface area contributed by atoms with Crippen LogP contribution in [0.2, 0.25) is 0 Å². The predicted molar refractivity (Wildman–Crippen MR) is 74.9 cm³/mol. The van der Waals surface area contributed by atoms with Gasteiger partial charge in [0.25, 0.3) is 0 Å². The fourth-order valence-corrected chi connectivity index (χ4v) is 4.91. The molecule has 3 atom stereocenters. The molecule has 0 heterocycles. The van der Waals surface area contributed by atoms with Crippen LogP contribution in [0.4, 0.5) is 10.1 Å². The van der Waals surface area contributed by atoms with E-state index in [-0.39, 0.29) is 10.6 Å². The number of fused-ring (bicyclic) bond motifs is 2. The topological polar surface area (TPSA) is 72.2 Å². The molecule has 20 heavy (non-hydrogen) atoms. The summed E-state index contributed by atoms with van der Waals surface area (Å²) in [6.07, 6.45) is 4.82. The lowest BCUT2D eigenvalue weighted by molar-refractivity contribution is 0.333. The minimum atomic E-state index is -3.73. The largest absolute Gasteiger partial charge is 0.395 e. The van der Waals surface area contributed by atoms with E-state index in [0.717, 1.165) is 18.4 Å². The van der Waals surface area contributed by atoms with Crippen molar-refractivity contribution < 1.29 is 12.8 Å². The van der Waals surface area contributed by atoms with E-state index in [1.165, 1.54) is 31.4 Å². The van der Waals surface area contributed by atoms with Gasteiger partial charge in [-0.1, -0.05) is 12.5 Å². The highest BCUT2D eigenvalue weighted by atomic mass is 32.2. The molecule has 4 nitrogen and oxygen atoms in total. The van der Waals surface area contributed by atoms with E-state index < -0.39 is 15.8 Å². The van der Waals surface area contributed by atoms with Crippen LogP contribution in [-0.4, -0.2) is 15.0 Å². The molecule has 0 radical (unpaired) electrons. The van der Waals surface area contributed by atoms with Crippen molar-refractivity contribution in [2.75, 3.05) is 12.3 Å². The smallest absolute Gasteiger partial charge is 0.242 e. The summed E-state index contributed by atoms with van der Waals surface area (Å²) in [6, 6.07) is 3.85. The van der Waals surface area contributed by atoms with Crippen LogP contribution in [0.3, 0.4) is 0 Å². The summed E-state index contributed by atoms with van der Waals surface area (Å²) in [6.45, 7) is 0.430. The number of para-hydroxylation sites is 1. The van der Waals surface area contributed by atoms with Crippen molar-refractivity contribution in [3.63, 3.8) is 0 Å². The normalized spacial score (nSPS) is 28.9. The molecular formula is C14H19FN2O2S. The summed E-state index contributed by atoms with van der Waals surface area (Å²) in [5, 5.41) is 0. The number of hydrogen-bond donors (Lipinski definition) is 2. The molecule has 0 amide bonds. The molecule has 0 spiro atoms. The number of anilines is 1. The Labute approximate surface area is 118 Å². The Hall–Kier alpha value is -1.14. The van der Waals surface area contributed by atoms with Crippen molar-refractivity contribution in [2.45, 2.75) is 30.6 Å². The average molecular weight is 298 g/mol. The number of benzene rings is 1. The lowest BCUT2D eigenvalue weighted by Gasteiger charge is -2.22. The second-order valence-corrected chi connectivity index (χ2v) is 7.67. The molecule has 1 aromatic carbocycles. The first-order chi connectivity index (χ1) is 9.47. The van der Waals surface area contributed by atoms with E-state index >= 15 is 0 Å². The average Bonchev–Trinajstić information content (AvgIpc) is 3.02. The third-order valence-electron chi connectivity index (χ3n) is 4.72. The first-order valence-corrected chi connectivity index (χ1v) is 8.49. The van der Waals surface area contributed by atoms with Crippen molar-refractivity contribution in [1.29, 1.82) is 0 Å². The minimum absolute atomic E-state index is 0.166. The molecule has 3 unspecified atom stereocenters. The molecule has 3 N–H and O–H groups in total. The molecule has 2 aliphatic rings. The molecular weight excluding hydrogens is 279 g/mol. The summed E-state index contributed by atoms with van der Waals surface area (Å²) in [4.78, 5) is -0.166. The predicted octanol–water partition coefficient (Wildman–Crippen LogP) is 2.12. The molecule has 2 saturated carbocycles. The number of rotatable bonds is 4. The summed E-state index contributed by atoms with van der Waals surface area (Å²) in [7, 11) is -3.73. The SMILES string of the molecule is Nc1c(F)cccc1S(=O)(=O)NCC1CC2CCC1C2. The summed E-state index contributed by atoms with van der Waals surface area (Å²) >= 11 is 0. The zero-order valence-electron chi connectivity index (χ0n) is 11.2. The lowest BCUT2D eigenvalue weighted by Crippen LogP contribution is -2.32. The Morgan fingerprint density at radius 1 is 1.30 bits per heavy atom. The van der Waals surface area contributed by atoms with E-state index in [2.05, 4.69) is 4.72 Å². The molecule has 2 bridgehead atoms. The fourth-order valence-electron chi connectivity index (χ4n) is 3.67. The van der Waals surface area contributed by atoms with E-state index in [4.69, 9.17) is 5.73 Å². The van der Waals surface area contributed by atoms with Crippen molar-refractivity contribution >= 4 is 15.7 Å². The molecule has 0 aliphatic heterocycles. The molecule has 110 valence electrons. The van der Waals surface area contributed by atoms with Crippen LogP contribution in [-0.2, 0) is 10.0 Å². The van der Waals surface area contributed by atoms with Gasteiger partial charge in [0.05, 0.1) is 5.69 Å². The highest BCUT2D eigenvalue weighted by Gasteiger charge is 2.39. The first-order valence-electron chi connectivity index (χ1n) is 7.01. The number of halogens is 1. The first kappa shape index (κ1) is 13.8. The maximum absolute atomic E-state index is 13.4. The third kappa shape index (κ3) is 2.42. The fraction of sp³-hybridized carbons (Fsp3) is 0.571. The van der Waals surface area contributed by atoms with Crippen LogP contribution in [0.15, 0.2) is 23.1 Å². The van der Waals surface area contributed by atoms with Crippen LogP contribution in [0.25, 0.3) is 0 Å². The number of sulfonamides is 1. The standard InChI is InChI=1S/C14H19FN2O2S/c15-12-2-1-3-13(14(12)16)20(18,19)17-8-11-7-9-4-5-10(11)6-9/h1-3,9-11,17H,4-8,16H2. The van der Waals surface area contributed by atoms with Crippen LogP contribution < -0.4 is 10.5 Å². The number of nitrogens with two attached hydrogens (primary N) is 1. The quantitative estimate of drug-likeness (QED) is 0.836. The lowest BCUT2D eigenvalue weighted by atomic mass is 9.89. The molecule has 6 heteroatoms. The summed E-state index contributed by atoms with van der Waals surface area (Å²) in [5.74, 6) is 1.13. The molecule has 2 aliphatic carbocycles. The second kappa shape index (κ2) is 5.00. The van der Waals surface area contributed by atoms with Crippen molar-refractivity contribution in [2.24, 2.45) is 17.8 Å². The minimum Gasteiger partial charge on any atom is -0.395 e. The Bertz CT molecular complexity index is 618. The maximum Gasteiger partial charge on any atom is 0.242 e. The Kier molecular flexibility index (Phi) is 3.46. The van der Waals surface area contributed by atoms with Gasteiger partial charge in [0.15, 0.2) is 0 Å². The highest BCUT2D eigenvalue weighted by molar-refractivity contribution is 7.89. The van der Waals surface area contributed by atoms with Gasteiger partial charge in [0.2, 0.25) is 10.0 Å². The monoisotopic (exact) mass is 298 g/mol. The van der Waals surface area contributed by atoms with Crippen LogP contribution in [0, 0.1) is 23.6 Å². The van der Waals surface area contributed by atoms with Crippen molar-refractivity contribution in [1.82, 2.24) is 4.72 Å². The number of hydrogen-bond acceptors (Lipinski definition) is 3. The van der Waals surface area contributed by atoms with Gasteiger partial charge in [0.1, 0.15) is 10.7 Å². The molecule has 3 rings (SSSR count). The molecule has 2 fully saturated rings. The van der Waals surface area contributed by atoms with Gasteiger partial charge >= 0.3 is 0 Å². The van der Waals surface area contributed by atoms with Crippen LogP contribution in [0.5, 0.6) is 0 Å². The summed E-state index contributed by atoms with van der Waals surface area (Å²) in [5.41, 5.74) is 5.21. The van der Waals surface area contributed by atoms with Gasteiger partial charge in [-0.3, -0.25) is 0 Å². The van der Waals surface area contributed by atoms with E-state index in [9.17, 15) is 12.8 Å². The zero-order valence-corrected chi connectivity index (χ0v) is 12.0. The van der Waals surface area contributed by atoms with Crippen LogP contribution in [0.1, 0.15) is 25.7 Å². The van der Waals surface area contributed by atoms with Crippen molar-refractivity contribution in [3.05, 3.63) is 24.0 Å². The Morgan fingerprint density at radius 3 is 2.75 bits per heavy atom. The number of nitrogens with one attached hydrogen (secondary N) is 1. The van der Waals surface area contributed by atoms with E-state index in [1.807, 2.05) is 0 Å². The Balaban J connectivity index is 1.71. The highest BCUT2D eigenvalue weighted by Crippen LogP contribution is 2.48. The van der Waals surface area contributed by atoms with Gasteiger partial charge in [-0.15, -0.1) is 0 Å². The van der Waals surface area contributed by atoms with Gasteiger partial charge in [0, 0.05) is 6.54 Å². The Morgan fingerprint density at radius 2 is 2.10 bits per heavy atom. The molecule has 1 aromatic rings. The van der Waals surface area contributed by atoms with Gasteiger partial charge in [-0.2, -0.15) is 0 Å².